The van der Waals surface area contributed by atoms with E-state index in [-0.39, 0.29) is 29.3 Å². The first-order valence-corrected chi connectivity index (χ1v) is 9.66. The van der Waals surface area contributed by atoms with Crippen LogP contribution >= 0.6 is 12.4 Å². The third kappa shape index (κ3) is 5.20. The van der Waals surface area contributed by atoms with Crippen molar-refractivity contribution in [1.29, 1.82) is 0 Å². The van der Waals surface area contributed by atoms with Gasteiger partial charge in [-0.05, 0) is 55.2 Å². The molecule has 0 bridgehead atoms. The molecule has 0 saturated heterocycles. The molecule has 4 N–H and O–H groups in total. The Morgan fingerprint density at radius 1 is 1.08 bits per heavy atom. The number of nitrogens with one attached hydrogen (secondary N) is 2. The van der Waals surface area contributed by atoms with Gasteiger partial charge in [0.05, 0.1) is 4.90 Å². The van der Waals surface area contributed by atoms with Crippen LogP contribution in [-0.2, 0) is 10.0 Å². The lowest BCUT2D eigenvalue weighted by atomic mass is 10.2. The van der Waals surface area contributed by atoms with Crippen molar-refractivity contribution >= 4 is 34.0 Å². The Kier molecular flexibility index (Phi) is 6.63. The number of halogens is 1. The Morgan fingerprint density at radius 3 is 2.27 bits per heavy atom. The highest BCUT2D eigenvalue weighted by atomic mass is 35.5. The first kappa shape index (κ1) is 20.2. The molecule has 0 spiro atoms. The number of carbonyl (C=O) groups excluding carboxylic acids is 1. The zero-order chi connectivity index (χ0) is 17.9. The first-order chi connectivity index (χ1) is 12.0. The van der Waals surface area contributed by atoms with E-state index in [1.54, 1.807) is 30.3 Å². The van der Waals surface area contributed by atoms with Crippen LogP contribution in [0.4, 0.5) is 5.69 Å². The standard InChI is InChI=1S/C18H21N3O3S.ClH/c19-17(13-6-7-13)12-20-18(22)14-8-10-16(11-9-14)25(23,24)21-15-4-2-1-3-5-15;/h1-5,8-11,13,17,21H,6-7,12,19H2,(H,20,22);1H. The van der Waals surface area contributed by atoms with Crippen molar-refractivity contribution in [1.82, 2.24) is 5.32 Å². The molecule has 0 radical (unpaired) electrons. The molecule has 1 atom stereocenters. The number of carbonyl (C=O) groups is 1. The number of anilines is 1. The highest BCUT2D eigenvalue weighted by Crippen LogP contribution is 2.31. The van der Waals surface area contributed by atoms with Crippen molar-refractivity contribution in [3.63, 3.8) is 0 Å². The highest BCUT2D eigenvalue weighted by molar-refractivity contribution is 7.92. The van der Waals surface area contributed by atoms with Crippen LogP contribution in [0.5, 0.6) is 0 Å². The van der Waals surface area contributed by atoms with E-state index in [4.69, 9.17) is 5.73 Å². The van der Waals surface area contributed by atoms with E-state index in [1.807, 2.05) is 0 Å². The van der Waals surface area contributed by atoms with Crippen molar-refractivity contribution in [3.8, 4) is 0 Å². The van der Waals surface area contributed by atoms with Gasteiger partial charge in [-0.25, -0.2) is 8.42 Å². The molecule has 1 unspecified atom stereocenters. The van der Waals surface area contributed by atoms with Crippen LogP contribution in [0, 0.1) is 5.92 Å². The van der Waals surface area contributed by atoms with E-state index in [0.29, 0.717) is 23.7 Å². The Balaban J connectivity index is 0.00000243. The van der Waals surface area contributed by atoms with Gasteiger partial charge in [-0.3, -0.25) is 9.52 Å². The van der Waals surface area contributed by atoms with E-state index in [1.165, 1.54) is 24.3 Å². The van der Waals surface area contributed by atoms with E-state index in [0.717, 1.165) is 12.8 Å². The van der Waals surface area contributed by atoms with E-state index >= 15 is 0 Å². The molecule has 1 fully saturated rings. The second-order valence-electron chi connectivity index (χ2n) is 6.21. The molecule has 1 aliphatic rings. The van der Waals surface area contributed by atoms with E-state index < -0.39 is 10.0 Å². The van der Waals surface area contributed by atoms with Gasteiger partial charge in [0.15, 0.2) is 0 Å². The van der Waals surface area contributed by atoms with Crippen molar-refractivity contribution in [2.75, 3.05) is 11.3 Å². The minimum atomic E-state index is -3.69. The normalized spacial score (nSPS) is 14.8. The van der Waals surface area contributed by atoms with Crippen LogP contribution in [0.1, 0.15) is 23.2 Å². The van der Waals surface area contributed by atoms with Gasteiger partial charge in [-0.15, -0.1) is 12.4 Å². The minimum Gasteiger partial charge on any atom is -0.350 e. The van der Waals surface area contributed by atoms with Crippen LogP contribution in [0.25, 0.3) is 0 Å². The summed E-state index contributed by atoms with van der Waals surface area (Å²) in [6, 6.07) is 14.5. The topological polar surface area (TPSA) is 101 Å². The quantitative estimate of drug-likeness (QED) is 0.669. The van der Waals surface area contributed by atoms with Crippen LogP contribution in [0.3, 0.4) is 0 Å². The number of sulfonamides is 1. The Hall–Kier alpha value is -2.09. The molecule has 3 rings (SSSR count). The SMILES string of the molecule is Cl.NC(CNC(=O)c1ccc(S(=O)(=O)Nc2ccccc2)cc1)C1CC1. The summed E-state index contributed by atoms with van der Waals surface area (Å²) in [5, 5.41) is 2.79. The minimum absolute atomic E-state index is 0. The van der Waals surface area contributed by atoms with Crippen molar-refractivity contribution < 1.29 is 13.2 Å². The number of benzene rings is 2. The molecular weight excluding hydrogens is 374 g/mol. The highest BCUT2D eigenvalue weighted by Gasteiger charge is 2.28. The van der Waals surface area contributed by atoms with Crippen LogP contribution in [0.15, 0.2) is 59.5 Å². The monoisotopic (exact) mass is 395 g/mol. The summed E-state index contributed by atoms with van der Waals surface area (Å²) >= 11 is 0. The van der Waals surface area contributed by atoms with Crippen molar-refractivity contribution in [2.45, 2.75) is 23.8 Å². The van der Waals surface area contributed by atoms with Crippen LogP contribution in [0.2, 0.25) is 0 Å². The molecule has 26 heavy (non-hydrogen) atoms. The number of hydrogen-bond acceptors (Lipinski definition) is 4. The van der Waals surface area contributed by atoms with Crippen molar-refractivity contribution in [2.24, 2.45) is 11.7 Å². The Morgan fingerprint density at radius 2 is 1.69 bits per heavy atom. The van der Waals surface area contributed by atoms with Gasteiger partial charge < -0.3 is 11.1 Å². The Labute approximate surface area is 159 Å². The lowest BCUT2D eigenvalue weighted by molar-refractivity contribution is 0.0950. The first-order valence-electron chi connectivity index (χ1n) is 8.17. The smallest absolute Gasteiger partial charge is 0.261 e. The summed E-state index contributed by atoms with van der Waals surface area (Å²) in [6.45, 7) is 0.430. The molecule has 1 saturated carbocycles. The van der Waals surface area contributed by atoms with Gasteiger partial charge in [-0.1, -0.05) is 18.2 Å². The third-order valence-electron chi connectivity index (χ3n) is 4.18. The second-order valence-corrected chi connectivity index (χ2v) is 7.89. The molecule has 8 heteroatoms. The molecule has 1 amide bonds. The number of nitrogens with two attached hydrogens (primary N) is 1. The van der Waals surface area contributed by atoms with E-state index in [9.17, 15) is 13.2 Å². The largest absolute Gasteiger partial charge is 0.350 e. The van der Waals surface area contributed by atoms with Crippen molar-refractivity contribution in [3.05, 3.63) is 60.2 Å². The number of rotatable bonds is 7. The van der Waals surface area contributed by atoms with Gasteiger partial charge in [0.25, 0.3) is 15.9 Å². The summed E-state index contributed by atoms with van der Waals surface area (Å²) in [6.07, 6.45) is 2.25. The molecule has 6 nitrogen and oxygen atoms in total. The zero-order valence-electron chi connectivity index (χ0n) is 14.1. The fourth-order valence-corrected chi connectivity index (χ4v) is 3.57. The fourth-order valence-electron chi connectivity index (χ4n) is 2.51. The fraction of sp³-hybridized carbons (Fsp3) is 0.278. The van der Waals surface area contributed by atoms with Gasteiger partial charge in [0.1, 0.15) is 0 Å². The summed E-state index contributed by atoms with van der Waals surface area (Å²) in [5.41, 5.74) is 6.85. The maximum atomic E-state index is 12.4. The summed E-state index contributed by atoms with van der Waals surface area (Å²) in [7, 11) is -3.69. The maximum Gasteiger partial charge on any atom is 0.261 e. The van der Waals surface area contributed by atoms with E-state index in [2.05, 4.69) is 10.0 Å². The van der Waals surface area contributed by atoms with Gasteiger partial charge in [0.2, 0.25) is 0 Å². The number of amides is 1. The molecule has 2 aromatic carbocycles. The second kappa shape index (κ2) is 8.53. The molecule has 0 aromatic heterocycles. The summed E-state index contributed by atoms with van der Waals surface area (Å²) in [5.74, 6) is 0.257. The molecular formula is C18H22ClN3O3S. The third-order valence-corrected chi connectivity index (χ3v) is 5.58. The number of para-hydroxylation sites is 1. The predicted octanol–water partition coefficient (Wildman–Crippen LogP) is 2.38. The predicted molar refractivity (Wildman–Crippen MR) is 104 cm³/mol. The lowest BCUT2D eigenvalue weighted by Gasteiger charge is -2.12. The van der Waals surface area contributed by atoms with Crippen LogP contribution in [-0.4, -0.2) is 26.9 Å². The maximum absolute atomic E-state index is 12.4. The summed E-state index contributed by atoms with van der Waals surface area (Å²) < 4.78 is 27.2. The average molecular weight is 396 g/mol. The molecule has 2 aromatic rings. The molecule has 0 heterocycles. The molecule has 140 valence electrons. The van der Waals surface area contributed by atoms with Gasteiger partial charge >= 0.3 is 0 Å². The van der Waals surface area contributed by atoms with Gasteiger partial charge in [0, 0.05) is 23.8 Å². The molecule has 0 aliphatic heterocycles. The average Bonchev–Trinajstić information content (AvgIpc) is 3.45. The lowest BCUT2D eigenvalue weighted by Crippen LogP contribution is -2.38. The van der Waals surface area contributed by atoms with Crippen LogP contribution < -0.4 is 15.8 Å². The zero-order valence-corrected chi connectivity index (χ0v) is 15.7. The number of hydrogen-bond donors (Lipinski definition) is 3. The Bertz CT molecular complexity index is 838. The molecule has 1 aliphatic carbocycles. The summed E-state index contributed by atoms with van der Waals surface area (Å²) in [4.78, 5) is 12.2. The van der Waals surface area contributed by atoms with Gasteiger partial charge in [-0.2, -0.15) is 0 Å².